The van der Waals surface area contributed by atoms with Gasteiger partial charge < -0.3 is 19.7 Å². The van der Waals surface area contributed by atoms with Crippen LogP contribution in [0.2, 0.25) is 0 Å². The zero-order valence-electron chi connectivity index (χ0n) is 24.0. The molecule has 1 fully saturated rings. The number of amides is 1. The van der Waals surface area contributed by atoms with Gasteiger partial charge in [0.05, 0.1) is 36.8 Å². The highest BCUT2D eigenvalue weighted by Crippen LogP contribution is 2.47. The molecule has 1 aromatic carbocycles. The molecule has 3 aromatic rings. The molecule has 1 amide bonds. The van der Waals surface area contributed by atoms with Crippen molar-refractivity contribution in [3.05, 3.63) is 46.5 Å². The number of hydrogen-bond donors (Lipinski definition) is 2. The molecule has 3 aliphatic rings. The number of nitrogens with one attached hydrogen (secondary N) is 1. The molecule has 214 valence electrons. The lowest BCUT2D eigenvalue weighted by Gasteiger charge is -2.35. The molecule has 0 aliphatic carbocycles. The highest BCUT2D eigenvalue weighted by atomic mass is 32.1. The average molecular weight is 565 g/mol. The molecule has 8 nitrogen and oxygen atoms in total. The fourth-order valence-electron chi connectivity index (χ4n) is 6.27. The zero-order chi connectivity index (χ0) is 28.0. The Morgan fingerprint density at radius 1 is 1.20 bits per heavy atom. The predicted octanol–water partition coefficient (Wildman–Crippen LogP) is 4.93. The molecule has 1 saturated heterocycles. The number of carbonyl (C=O) groups is 1. The number of hydrogen-bond acceptors (Lipinski definition) is 7. The van der Waals surface area contributed by atoms with Crippen molar-refractivity contribution in [1.82, 2.24) is 14.5 Å². The number of carbonyl (C=O) groups excluding carboxylic acids is 1. The minimum absolute atomic E-state index is 0.0667. The predicted molar refractivity (Wildman–Crippen MR) is 159 cm³/mol. The lowest BCUT2D eigenvalue weighted by molar-refractivity contribution is -0.220. The first-order valence-electron chi connectivity index (χ1n) is 14.3. The Balaban J connectivity index is 1.43. The summed E-state index contributed by atoms with van der Waals surface area (Å²) in [6.07, 6.45) is 3.75. The summed E-state index contributed by atoms with van der Waals surface area (Å²) in [5.74, 6) is 0.571. The number of hydroxylamine groups is 2. The molecule has 6 rings (SSSR count). The largest absolute Gasteiger partial charge is 0.495 e. The molecule has 0 saturated carbocycles. The van der Waals surface area contributed by atoms with Crippen molar-refractivity contribution in [1.29, 1.82) is 0 Å². The first kappa shape index (κ1) is 27.5. The Hall–Kier alpha value is -2.69. The van der Waals surface area contributed by atoms with Gasteiger partial charge in [-0.3, -0.25) is 14.5 Å². The van der Waals surface area contributed by atoms with E-state index >= 15 is 0 Å². The van der Waals surface area contributed by atoms with Gasteiger partial charge >= 0.3 is 0 Å². The molecule has 5 heterocycles. The first-order valence-corrected chi connectivity index (χ1v) is 15.2. The van der Waals surface area contributed by atoms with Crippen molar-refractivity contribution in [2.45, 2.75) is 71.2 Å². The van der Waals surface area contributed by atoms with Gasteiger partial charge in [-0.15, -0.1) is 11.3 Å². The Kier molecular flexibility index (Phi) is 7.52. The fourth-order valence-corrected chi connectivity index (χ4v) is 7.07. The van der Waals surface area contributed by atoms with Crippen LogP contribution in [0, 0.1) is 0 Å². The quantitative estimate of drug-likeness (QED) is 0.458. The third kappa shape index (κ3) is 5.21. The monoisotopic (exact) mass is 564 g/mol. The number of benzene rings is 1. The summed E-state index contributed by atoms with van der Waals surface area (Å²) in [7, 11) is 1.65. The second kappa shape index (κ2) is 10.9. The van der Waals surface area contributed by atoms with Crippen molar-refractivity contribution >= 4 is 22.9 Å². The second-order valence-electron chi connectivity index (χ2n) is 12.1. The highest BCUT2D eigenvalue weighted by Gasteiger charge is 2.33. The lowest BCUT2D eigenvalue weighted by atomic mass is 9.93. The summed E-state index contributed by atoms with van der Waals surface area (Å²) < 4.78 is 8.21. The van der Waals surface area contributed by atoms with Crippen molar-refractivity contribution < 1.29 is 19.5 Å². The maximum Gasteiger partial charge on any atom is 0.238 e. The number of aliphatic hydroxyl groups is 1. The number of thiophene rings is 1. The normalized spacial score (nSPS) is 18.5. The average Bonchev–Trinajstić information content (AvgIpc) is 3.53. The number of aromatic nitrogens is 1. The summed E-state index contributed by atoms with van der Waals surface area (Å²) >= 11 is 1.78. The van der Waals surface area contributed by atoms with Crippen molar-refractivity contribution in [2.24, 2.45) is 0 Å². The van der Waals surface area contributed by atoms with E-state index in [0.717, 1.165) is 44.3 Å². The van der Waals surface area contributed by atoms with E-state index in [1.165, 1.54) is 33.0 Å². The molecule has 2 N–H and O–H groups in total. The second-order valence-corrected chi connectivity index (χ2v) is 13.1. The van der Waals surface area contributed by atoms with Crippen molar-refractivity contribution in [3.8, 4) is 27.4 Å². The molecule has 0 unspecified atom stereocenters. The van der Waals surface area contributed by atoms with Crippen molar-refractivity contribution in [3.63, 3.8) is 0 Å². The Morgan fingerprint density at radius 3 is 2.73 bits per heavy atom. The third-order valence-corrected chi connectivity index (χ3v) is 9.15. The van der Waals surface area contributed by atoms with Crippen LogP contribution >= 0.6 is 11.3 Å². The molecule has 40 heavy (non-hydrogen) atoms. The minimum atomic E-state index is -0.335. The van der Waals surface area contributed by atoms with E-state index < -0.39 is 0 Å². The van der Waals surface area contributed by atoms with Crippen LogP contribution in [-0.4, -0.2) is 70.5 Å². The van der Waals surface area contributed by atoms with Crippen LogP contribution in [0.4, 0.5) is 5.69 Å². The summed E-state index contributed by atoms with van der Waals surface area (Å²) in [5.41, 5.74) is 8.14. The standard InChI is InChI=1S/C31H40N4O4S/c1-31(2,3)35-11-6-5-8-22-25(19-39-35)34-12-10-20-14-26(38-4)24(32-28(37)18-33-16-21(36)17-33)15-23(20)30(34)29(22)27-9-7-13-40-27/h7,9,13-15,21,36H,5-6,8,10-12,16-19H2,1-4H3,(H,32,37). The number of β-amino-alcohol motifs (C(OH)–C–C–N with tert-alkyl or cyclic N) is 1. The molecule has 9 heteroatoms. The van der Waals surface area contributed by atoms with Gasteiger partial charge in [0.15, 0.2) is 0 Å². The van der Waals surface area contributed by atoms with E-state index in [9.17, 15) is 9.90 Å². The van der Waals surface area contributed by atoms with Crippen LogP contribution in [0.25, 0.3) is 21.7 Å². The SMILES string of the molecule is COc1cc2c(cc1NC(=O)CN1CC(O)C1)-c1c(-c3cccs3)c3c(n1CC2)CON(C(C)(C)C)CCCC3. The van der Waals surface area contributed by atoms with Crippen LogP contribution in [0.5, 0.6) is 5.75 Å². The molecule has 3 aliphatic heterocycles. The zero-order valence-corrected chi connectivity index (χ0v) is 24.8. The van der Waals surface area contributed by atoms with Gasteiger partial charge in [0.25, 0.3) is 0 Å². The van der Waals surface area contributed by atoms with Gasteiger partial charge in [0, 0.05) is 47.7 Å². The van der Waals surface area contributed by atoms with Gasteiger partial charge in [0.1, 0.15) is 12.4 Å². The number of aryl methyl sites for hydroxylation is 1. The Labute approximate surface area is 240 Å². The topological polar surface area (TPSA) is 79.2 Å². The fraction of sp³-hybridized carbons (Fsp3) is 0.516. The summed E-state index contributed by atoms with van der Waals surface area (Å²) in [6.45, 7) is 10.3. The number of ether oxygens (including phenoxy) is 1. The molecule has 2 aromatic heterocycles. The van der Waals surface area contributed by atoms with E-state index in [1.54, 1.807) is 18.4 Å². The number of nitrogens with zero attached hydrogens (tertiary/aromatic N) is 3. The molecule has 0 atom stereocenters. The molecule has 0 spiro atoms. The number of rotatable bonds is 5. The number of methoxy groups -OCH3 is 1. The van der Waals surface area contributed by atoms with E-state index in [-0.39, 0.29) is 24.1 Å². The van der Waals surface area contributed by atoms with Crippen LogP contribution in [0.1, 0.15) is 50.4 Å². The van der Waals surface area contributed by atoms with E-state index in [4.69, 9.17) is 9.57 Å². The van der Waals surface area contributed by atoms with Crippen LogP contribution in [0.15, 0.2) is 29.6 Å². The van der Waals surface area contributed by atoms with E-state index in [1.807, 2.05) is 4.90 Å². The lowest BCUT2D eigenvalue weighted by Crippen LogP contribution is -2.53. The van der Waals surface area contributed by atoms with Crippen molar-refractivity contribution in [2.75, 3.05) is 38.6 Å². The molecule has 0 radical (unpaired) electrons. The number of fused-ring (bicyclic) bond motifs is 5. The minimum Gasteiger partial charge on any atom is -0.495 e. The van der Waals surface area contributed by atoms with E-state index in [2.05, 4.69) is 65.4 Å². The molecular weight excluding hydrogens is 524 g/mol. The molecular formula is C31H40N4O4S. The van der Waals surface area contributed by atoms with Crippen LogP contribution < -0.4 is 10.1 Å². The number of aliphatic hydroxyl groups excluding tert-OH is 1. The van der Waals surface area contributed by atoms with Gasteiger partial charge in [-0.2, -0.15) is 5.06 Å². The molecule has 0 bridgehead atoms. The van der Waals surface area contributed by atoms with Gasteiger partial charge in [-0.25, -0.2) is 0 Å². The highest BCUT2D eigenvalue weighted by molar-refractivity contribution is 7.13. The number of likely N-dealkylation sites (tertiary alicyclic amines) is 1. The van der Waals surface area contributed by atoms with Gasteiger partial charge in [0.2, 0.25) is 5.91 Å². The maximum absolute atomic E-state index is 12.9. The van der Waals surface area contributed by atoms with Gasteiger partial charge in [-0.1, -0.05) is 6.07 Å². The van der Waals surface area contributed by atoms with Crippen LogP contribution in [-0.2, 0) is 35.6 Å². The summed E-state index contributed by atoms with van der Waals surface area (Å²) in [4.78, 5) is 22.7. The number of anilines is 1. The first-order chi connectivity index (χ1) is 19.2. The summed E-state index contributed by atoms with van der Waals surface area (Å²) in [5, 5.41) is 17.0. The summed E-state index contributed by atoms with van der Waals surface area (Å²) in [6, 6.07) is 8.53. The Morgan fingerprint density at radius 2 is 2.02 bits per heavy atom. The van der Waals surface area contributed by atoms with Gasteiger partial charge in [-0.05, 0) is 81.2 Å². The van der Waals surface area contributed by atoms with Crippen LogP contribution in [0.3, 0.4) is 0 Å². The Bertz CT molecular complexity index is 1390. The van der Waals surface area contributed by atoms with E-state index in [0.29, 0.717) is 31.1 Å². The third-order valence-electron chi connectivity index (χ3n) is 8.26. The smallest absolute Gasteiger partial charge is 0.238 e. The maximum atomic E-state index is 12.9.